The summed E-state index contributed by atoms with van der Waals surface area (Å²) in [7, 11) is -1.89. The van der Waals surface area contributed by atoms with E-state index < -0.39 is 8.01 Å². The van der Waals surface area contributed by atoms with Crippen molar-refractivity contribution in [3.63, 3.8) is 0 Å². The number of fused-ring (bicyclic) bond motifs is 7. The van der Waals surface area contributed by atoms with Gasteiger partial charge in [-0.1, -0.05) is 210 Å². The van der Waals surface area contributed by atoms with Crippen molar-refractivity contribution in [1.82, 2.24) is 0 Å². The van der Waals surface area contributed by atoms with Crippen LogP contribution in [0, 0.1) is 34.6 Å². The van der Waals surface area contributed by atoms with E-state index in [2.05, 4.69) is 229 Å². The average Bonchev–Trinajstić information content (AvgIpc) is 3.50. The van der Waals surface area contributed by atoms with Crippen LogP contribution in [0.25, 0.3) is 104 Å². The monoisotopic (exact) mass is 842 g/mol. The molecule has 0 amide bonds. The van der Waals surface area contributed by atoms with Crippen molar-refractivity contribution in [2.45, 2.75) is 34.6 Å². The second kappa shape index (κ2) is 16.1. The molecule has 1 aromatic heterocycles. The van der Waals surface area contributed by atoms with Gasteiger partial charge in [-0.2, -0.15) is 0 Å². The predicted octanol–water partition coefficient (Wildman–Crippen LogP) is 18.5. The Labute approximate surface area is 375 Å². The predicted molar refractivity (Wildman–Crippen MR) is 274 cm³/mol. The van der Waals surface area contributed by atoms with Gasteiger partial charge in [0.1, 0.15) is 11.2 Å². The molecule has 0 N–H and O–H groups in total. The molecule has 11 aromatic rings. The van der Waals surface area contributed by atoms with E-state index in [1.165, 1.54) is 33.4 Å². The topological polar surface area (TPSA) is 26.3 Å². The van der Waals surface area contributed by atoms with Gasteiger partial charge in [0.05, 0.1) is 5.30 Å². The van der Waals surface area contributed by atoms with Crippen molar-refractivity contribution < 1.29 is 8.39 Å². The van der Waals surface area contributed by atoms with E-state index in [4.69, 9.17) is 8.39 Å². The van der Waals surface area contributed by atoms with Crippen molar-refractivity contribution >= 4 is 51.5 Å². The molecule has 0 aliphatic carbocycles. The van der Waals surface area contributed by atoms with E-state index in [-0.39, 0.29) is 0 Å². The average molecular weight is 843 g/mol. The number of hydrogen-bond acceptors (Lipinski definition) is 2. The first kappa shape index (κ1) is 39.5. The van der Waals surface area contributed by atoms with Gasteiger partial charge in [-0.3, -0.25) is 0 Å². The largest absolute Gasteiger partial charge is 0.416 e. The maximum Gasteiger partial charge on any atom is 0.254 e. The standard InChI is InChI=1S/C61H47O2P/c1-38-14-24-45(25-15-38)54-55(46-26-16-39(2)17-27-46)57(48-30-20-41(4)21-31-48)61(58(49-32-22-42(5)23-33-49)56(54)47-28-18-40(3)19-29-47)64-62-52-36-34-43-10-6-8-12-50(43)59(52)60-51-13-9-7-11-44(51)35-37-53(60)63-64/h6-37H,1-5H3. The fourth-order valence-electron chi connectivity index (χ4n) is 9.41. The second-order valence-corrected chi connectivity index (χ2v) is 18.6. The molecule has 0 atom stereocenters. The van der Waals surface area contributed by atoms with E-state index in [9.17, 15) is 0 Å². The molecular formula is C61H47O2P. The first-order valence-electron chi connectivity index (χ1n) is 22.1. The van der Waals surface area contributed by atoms with E-state index in [1.54, 1.807) is 0 Å². The number of hydrogen-bond donors (Lipinski definition) is 0. The van der Waals surface area contributed by atoms with Crippen molar-refractivity contribution in [1.29, 1.82) is 0 Å². The Morgan fingerprint density at radius 3 is 0.891 bits per heavy atom. The molecule has 2 nitrogen and oxygen atoms in total. The molecule has 0 radical (unpaired) electrons. The van der Waals surface area contributed by atoms with Crippen LogP contribution in [0.3, 0.4) is 0 Å². The highest BCUT2D eigenvalue weighted by molar-refractivity contribution is 7.46. The van der Waals surface area contributed by atoms with E-state index >= 15 is 0 Å². The van der Waals surface area contributed by atoms with Gasteiger partial charge in [0.15, 0.2) is 0 Å². The molecular weight excluding hydrogens is 796 g/mol. The Morgan fingerprint density at radius 2 is 0.562 bits per heavy atom. The Kier molecular flexibility index (Phi) is 9.91. The molecule has 1 heterocycles. The summed E-state index contributed by atoms with van der Waals surface area (Å²) in [6.45, 7) is 10.8. The zero-order chi connectivity index (χ0) is 43.5. The van der Waals surface area contributed by atoms with E-state index in [1.807, 2.05) is 0 Å². The normalized spacial score (nSPS) is 11.5. The van der Waals surface area contributed by atoms with E-state index in [0.717, 1.165) is 98.9 Å². The number of benzene rings is 10. The van der Waals surface area contributed by atoms with Crippen molar-refractivity contribution in [3.8, 4) is 60.9 Å². The first-order chi connectivity index (χ1) is 31.3. The zero-order valence-corrected chi connectivity index (χ0v) is 37.6. The molecule has 3 heteroatoms. The van der Waals surface area contributed by atoms with Gasteiger partial charge in [-0.05, 0) is 113 Å². The van der Waals surface area contributed by atoms with Crippen LogP contribution in [0.4, 0.5) is 0 Å². The number of rotatable bonds is 6. The highest BCUT2D eigenvalue weighted by Gasteiger charge is 2.32. The lowest BCUT2D eigenvalue weighted by atomic mass is 9.78. The van der Waals surface area contributed by atoms with Gasteiger partial charge in [0, 0.05) is 21.9 Å². The van der Waals surface area contributed by atoms with Crippen molar-refractivity contribution in [3.05, 3.63) is 222 Å². The van der Waals surface area contributed by atoms with Crippen LogP contribution in [0.5, 0.6) is 0 Å². The summed E-state index contributed by atoms with van der Waals surface area (Å²) in [6.07, 6.45) is 0. The summed E-state index contributed by atoms with van der Waals surface area (Å²) in [5, 5.41) is 7.71. The molecule has 308 valence electrons. The molecule has 64 heavy (non-hydrogen) atoms. The molecule has 0 fully saturated rings. The van der Waals surface area contributed by atoms with E-state index in [0.29, 0.717) is 0 Å². The smallest absolute Gasteiger partial charge is 0.254 e. The minimum absolute atomic E-state index is 0.806. The van der Waals surface area contributed by atoms with Crippen LogP contribution < -0.4 is 0 Å². The van der Waals surface area contributed by atoms with Crippen molar-refractivity contribution in [2.24, 2.45) is 0 Å². The Bertz CT molecular complexity index is 3380. The van der Waals surface area contributed by atoms with Gasteiger partial charge in [0.25, 0.3) is 8.01 Å². The molecule has 11 rings (SSSR count). The highest BCUT2D eigenvalue weighted by Crippen LogP contribution is 2.61. The van der Waals surface area contributed by atoms with Crippen LogP contribution in [-0.2, 0) is 0 Å². The zero-order valence-electron chi connectivity index (χ0n) is 36.7. The summed E-state index contributed by atoms with van der Waals surface area (Å²) in [5.41, 5.74) is 18.9. The third kappa shape index (κ3) is 6.92. The van der Waals surface area contributed by atoms with Gasteiger partial charge < -0.3 is 8.39 Å². The third-order valence-electron chi connectivity index (χ3n) is 12.8. The lowest BCUT2D eigenvalue weighted by molar-refractivity contribution is 0.651. The maximum atomic E-state index is 7.68. The first-order valence-corrected chi connectivity index (χ1v) is 23.3. The molecule has 0 saturated carbocycles. The Morgan fingerprint density at radius 1 is 0.281 bits per heavy atom. The molecule has 0 unspecified atom stereocenters. The fraction of sp³-hybridized carbons (Fsp3) is 0.0820. The fourth-order valence-corrected chi connectivity index (χ4v) is 11.1. The summed E-state index contributed by atoms with van der Waals surface area (Å²) in [4.78, 5) is 0. The molecule has 10 aromatic carbocycles. The summed E-state index contributed by atoms with van der Waals surface area (Å²) < 4.78 is 15.4. The van der Waals surface area contributed by atoms with Gasteiger partial charge >= 0.3 is 0 Å². The molecule has 0 aliphatic rings. The highest BCUT2D eigenvalue weighted by atomic mass is 31.1. The lowest BCUT2D eigenvalue weighted by Crippen LogP contribution is -2.00. The van der Waals surface area contributed by atoms with Gasteiger partial charge in [-0.25, -0.2) is 0 Å². The second-order valence-electron chi connectivity index (χ2n) is 17.3. The van der Waals surface area contributed by atoms with Crippen molar-refractivity contribution in [2.75, 3.05) is 0 Å². The molecule has 0 saturated heterocycles. The summed E-state index contributed by atoms with van der Waals surface area (Å²) in [6, 6.07) is 71.2. The summed E-state index contributed by atoms with van der Waals surface area (Å²) in [5.74, 6) is 0. The minimum Gasteiger partial charge on any atom is -0.416 e. The maximum absolute atomic E-state index is 7.68. The quantitative estimate of drug-likeness (QED) is 0.167. The Balaban J connectivity index is 1.45. The van der Waals surface area contributed by atoms with Gasteiger partial charge in [0.2, 0.25) is 0 Å². The minimum atomic E-state index is -1.89. The lowest BCUT2D eigenvalue weighted by Gasteiger charge is -2.27. The molecule has 0 aliphatic heterocycles. The molecule has 0 spiro atoms. The molecule has 0 bridgehead atoms. The van der Waals surface area contributed by atoms with Crippen LogP contribution >= 0.6 is 8.01 Å². The van der Waals surface area contributed by atoms with Crippen LogP contribution in [-0.4, -0.2) is 0 Å². The van der Waals surface area contributed by atoms with Gasteiger partial charge in [-0.15, -0.1) is 0 Å². The van der Waals surface area contributed by atoms with Crippen LogP contribution in [0.1, 0.15) is 27.8 Å². The third-order valence-corrected chi connectivity index (χ3v) is 14.3. The van der Waals surface area contributed by atoms with Crippen LogP contribution in [0.2, 0.25) is 0 Å². The van der Waals surface area contributed by atoms with Crippen LogP contribution in [0.15, 0.2) is 203 Å². The Hall–Kier alpha value is -7.38. The number of aryl methyl sites for hydroxylation is 5. The SMILES string of the molecule is Cc1ccc(-c2c(-c3ccc(C)cc3)c(-c3ccc(C)cc3)c(-p3oc4ccc5ccccc5c4c4c(ccc5ccccc54)o3)c(-c3ccc(C)cc3)c2-c2ccc(C)cc2)cc1. The summed E-state index contributed by atoms with van der Waals surface area (Å²) >= 11 is 0.